The van der Waals surface area contributed by atoms with Gasteiger partial charge in [0, 0.05) is 4.88 Å². The Kier molecular flexibility index (Phi) is 3.12. The minimum absolute atomic E-state index is 0.0506. The van der Waals surface area contributed by atoms with Crippen molar-refractivity contribution in [1.29, 1.82) is 0 Å². The van der Waals surface area contributed by atoms with Gasteiger partial charge in [0.05, 0.1) is 23.7 Å². The van der Waals surface area contributed by atoms with Crippen molar-refractivity contribution in [1.82, 2.24) is 9.55 Å². The molecule has 0 atom stereocenters. The van der Waals surface area contributed by atoms with Crippen LogP contribution in [0.3, 0.4) is 0 Å². The second-order valence-corrected chi connectivity index (χ2v) is 5.93. The number of hydrogen-bond acceptors (Lipinski definition) is 4. The first kappa shape index (κ1) is 13.0. The van der Waals surface area contributed by atoms with Crippen molar-refractivity contribution in [3.8, 4) is 11.6 Å². The molecule has 0 amide bonds. The lowest BCUT2D eigenvalue weighted by molar-refractivity contribution is 0.569. The molecule has 0 spiro atoms. The highest BCUT2D eigenvalue weighted by molar-refractivity contribution is 7.09. The Morgan fingerprint density at radius 3 is 2.77 bits per heavy atom. The summed E-state index contributed by atoms with van der Waals surface area (Å²) in [5, 5.41) is 2.62. The molecule has 108 valence electrons. The van der Waals surface area contributed by atoms with Crippen LogP contribution in [-0.4, -0.2) is 9.55 Å². The van der Waals surface area contributed by atoms with E-state index in [1.54, 1.807) is 28.2 Å². The van der Waals surface area contributed by atoms with Gasteiger partial charge in [-0.15, -0.1) is 11.3 Å². The first-order valence-electron chi connectivity index (χ1n) is 6.89. The number of benzene rings is 1. The molecule has 4 nitrogen and oxygen atoms in total. The van der Waals surface area contributed by atoms with E-state index in [1.165, 1.54) is 0 Å². The van der Waals surface area contributed by atoms with Crippen LogP contribution in [0.4, 0.5) is 0 Å². The van der Waals surface area contributed by atoms with Gasteiger partial charge in [-0.05, 0) is 35.7 Å². The molecule has 5 heteroatoms. The average Bonchev–Trinajstić information content (AvgIpc) is 3.23. The number of nitrogens with zero attached hydrogens (tertiary/aromatic N) is 2. The smallest absolute Gasteiger partial charge is 0.262 e. The zero-order chi connectivity index (χ0) is 14.9. The number of furan rings is 1. The Morgan fingerprint density at radius 1 is 1.09 bits per heavy atom. The van der Waals surface area contributed by atoms with Gasteiger partial charge in [0.15, 0.2) is 11.6 Å². The largest absolute Gasteiger partial charge is 0.461 e. The molecule has 0 fully saturated rings. The normalized spacial score (nSPS) is 11.1. The molecule has 4 rings (SSSR count). The maximum absolute atomic E-state index is 12.9. The van der Waals surface area contributed by atoms with Crippen LogP contribution in [0.2, 0.25) is 0 Å². The Bertz CT molecular complexity index is 970. The summed E-state index contributed by atoms with van der Waals surface area (Å²) in [5.74, 6) is 1.15. The van der Waals surface area contributed by atoms with Crippen LogP contribution in [-0.2, 0) is 6.54 Å². The fraction of sp³-hybridized carbons (Fsp3) is 0.0588. The van der Waals surface area contributed by atoms with Crippen LogP contribution in [0, 0.1) is 0 Å². The summed E-state index contributed by atoms with van der Waals surface area (Å²) in [6.07, 6.45) is 1.59. The monoisotopic (exact) mass is 308 g/mol. The quantitative estimate of drug-likeness (QED) is 0.579. The number of thiophene rings is 1. The Hall–Kier alpha value is -2.66. The second-order valence-electron chi connectivity index (χ2n) is 4.90. The molecule has 22 heavy (non-hydrogen) atoms. The molecule has 1 aromatic carbocycles. The molecular weight excluding hydrogens is 296 g/mol. The van der Waals surface area contributed by atoms with E-state index in [4.69, 9.17) is 4.42 Å². The van der Waals surface area contributed by atoms with Crippen molar-refractivity contribution in [2.24, 2.45) is 0 Å². The Morgan fingerprint density at radius 2 is 2.00 bits per heavy atom. The lowest BCUT2D eigenvalue weighted by Crippen LogP contribution is -2.23. The van der Waals surface area contributed by atoms with E-state index in [0.717, 1.165) is 4.88 Å². The molecule has 4 aromatic rings. The second kappa shape index (κ2) is 5.27. The van der Waals surface area contributed by atoms with Crippen molar-refractivity contribution in [3.05, 3.63) is 75.4 Å². The summed E-state index contributed by atoms with van der Waals surface area (Å²) in [4.78, 5) is 18.6. The van der Waals surface area contributed by atoms with Gasteiger partial charge >= 0.3 is 0 Å². The summed E-state index contributed by atoms with van der Waals surface area (Å²) in [5.41, 5.74) is 0.631. The molecule has 0 saturated carbocycles. The average molecular weight is 308 g/mol. The van der Waals surface area contributed by atoms with Gasteiger partial charge < -0.3 is 4.42 Å². The number of rotatable bonds is 3. The van der Waals surface area contributed by atoms with Crippen LogP contribution in [0.1, 0.15) is 4.88 Å². The summed E-state index contributed by atoms with van der Waals surface area (Å²) in [6, 6.07) is 15.0. The summed E-state index contributed by atoms with van der Waals surface area (Å²) >= 11 is 1.62. The fourth-order valence-corrected chi connectivity index (χ4v) is 3.16. The molecule has 0 aliphatic carbocycles. The summed E-state index contributed by atoms with van der Waals surface area (Å²) < 4.78 is 7.14. The van der Waals surface area contributed by atoms with Crippen molar-refractivity contribution >= 4 is 22.2 Å². The van der Waals surface area contributed by atoms with Gasteiger partial charge in [0.2, 0.25) is 0 Å². The maximum Gasteiger partial charge on any atom is 0.262 e. The van der Waals surface area contributed by atoms with E-state index in [2.05, 4.69) is 4.98 Å². The molecule has 0 saturated heterocycles. The molecule has 0 bridgehead atoms. The fourth-order valence-electron chi connectivity index (χ4n) is 2.47. The van der Waals surface area contributed by atoms with E-state index < -0.39 is 0 Å². The number of hydrogen-bond donors (Lipinski definition) is 0. The topological polar surface area (TPSA) is 48.0 Å². The maximum atomic E-state index is 12.9. The molecular formula is C17H12N2O2S. The van der Waals surface area contributed by atoms with Crippen LogP contribution in [0.25, 0.3) is 22.5 Å². The van der Waals surface area contributed by atoms with E-state index in [9.17, 15) is 4.79 Å². The van der Waals surface area contributed by atoms with Crippen LogP contribution >= 0.6 is 11.3 Å². The van der Waals surface area contributed by atoms with Crippen LogP contribution < -0.4 is 5.56 Å². The summed E-state index contributed by atoms with van der Waals surface area (Å²) in [7, 11) is 0. The molecule has 3 heterocycles. The molecule has 0 unspecified atom stereocenters. The number of fused-ring (bicyclic) bond motifs is 1. The van der Waals surface area contributed by atoms with E-state index in [0.29, 0.717) is 29.0 Å². The zero-order valence-electron chi connectivity index (χ0n) is 11.6. The zero-order valence-corrected chi connectivity index (χ0v) is 12.4. The van der Waals surface area contributed by atoms with Crippen LogP contribution in [0.15, 0.2) is 69.4 Å². The van der Waals surface area contributed by atoms with E-state index in [-0.39, 0.29) is 5.56 Å². The lowest BCUT2D eigenvalue weighted by atomic mass is 10.2. The van der Waals surface area contributed by atoms with Gasteiger partial charge in [-0.3, -0.25) is 9.36 Å². The number of aromatic nitrogens is 2. The van der Waals surface area contributed by atoms with E-state index in [1.807, 2.05) is 47.8 Å². The van der Waals surface area contributed by atoms with Crippen LogP contribution in [0.5, 0.6) is 0 Å². The van der Waals surface area contributed by atoms with Crippen molar-refractivity contribution in [2.75, 3.05) is 0 Å². The molecule has 0 aliphatic heterocycles. The van der Waals surface area contributed by atoms with Crippen molar-refractivity contribution in [2.45, 2.75) is 6.54 Å². The third-order valence-electron chi connectivity index (χ3n) is 3.50. The lowest BCUT2D eigenvalue weighted by Gasteiger charge is -2.11. The minimum Gasteiger partial charge on any atom is -0.461 e. The van der Waals surface area contributed by atoms with Gasteiger partial charge in [0.1, 0.15) is 0 Å². The highest BCUT2D eigenvalue weighted by Gasteiger charge is 2.15. The third kappa shape index (κ3) is 2.16. The predicted octanol–water partition coefficient (Wildman–Crippen LogP) is 3.77. The highest BCUT2D eigenvalue weighted by atomic mass is 32.1. The van der Waals surface area contributed by atoms with Gasteiger partial charge in [-0.25, -0.2) is 4.98 Å². The van der Waals surface area contributed by atoms with Gasteiger partial charge in [-0.1, -0.05) is 18.2 Å². The minimum atomic E-state index is -0.0506. The Labute approximate surface area is 130 Å². The van der Waals surface area contributed by atoms with Crippen molar-refractivity contribution in [3.63, 3.8) is 0 Å². The first-order valence-corrected chi connectivity index (χ1v) is 7.77. The SMILES string of the molecule is O=c1c2ccccc2nc(-c2ccco2)n1Cc1cccs1. The predicted molar refractivity (Wildman–Crippen MR) is 87.1 cm³/mol. The van der Waals surface area contributed by atoms with Gasteiger partial charge in [-0.2, -0.15) is 0 Å². The van der Waals surface area contributed by atoms with Crippen molar-refractivity contribution < 1.29 is 4.42 Å². The van der Waals surface area contributed by atoms with Gasteiger partial charge in [0.25, 0.3) is 5.56 Å². The van der Waals surface area contributed by atoms with E-state index >= 15 is 0 Å². The standard InChI is InChI=1S/C17H12N2O2S/c20-17-13-6-1-2-7-14(13)18-16(15-8-3-9-21-15)19(17)11-12-5-4-10-22-12/h1-10H,11H2. The summed E-state index contributed by atoms with van der Waals surface area (Å²) in [6.45, 7) is 0.490. The molecule has 3 aromatic heterocycles. The number of para-hydroxylation sites is 1. The molecule has 0 radical (unpaired) electrons. The highest BCUT2D eigenvalue weighted by Crippen LogP contribution is 2.21. The Balaban J connectivity index is 2.00. The third-order valence-corrected chi connectivity index (χ3v) is 4.36. The molecule has 0 aliphatic rings. The first-order chi connectivity index (χ1) is 10.8. The molecule has 0 N–H and O–H groups in total.